The van der Waals surface area contributed by atoms with Crippen molar-refractivity contribution in [3.05, 3.63) is 47.9 Å². The van der Waals surface area contributed by atoms with Gasteiger partial charge in [0.15, 0.2) is 11.6 Å². The minimum absolute atomic E-state index is 0.0274. The van der Waals surface area contributed by atoms with Gasteiger partial charge in [0.25, 0.3) is 0 Å². The molecule has 1 atom stereocenters. The van der Waals surface area contributed by atoms with Gasteiger partial charge >= 0.3 is 0 Å². The summed E-state index contributed by atoms with van der Waals surface area (Å²) in [6.45, 7) is 2.70. The van der Waals surface area contributed by atoms with E-state index in [-0.39, 0.29) is 24.1 Å². The Balaban J connectivity index is 2.00. The van der Waals surface area contributed by atoms with Gasteiger partial charge in [-0.25, -0.2) is 9.37 Å². The van der Waals surface area contributed by atoms with E-state index >= 15 is 0 Å². The second-order valence-corrected chi connectivity index (χ2v) is 6.71. The van der Waals surface area contributed by atoms with Crippen molar-refractivity contribution in [3.8, 4) is 0 Å². The molecule has 1 aromatic carbocycles. The molecular weight excluding hydrogens is 345 g/mol. The molecule has 2 heterocycles. The van der Waals surface area contributed by atoms with Crippen molar-refractivity contribution >= 4 is 22.8 Å². The lowest BCUT2D eigenvalue weighted by atomic mass is 10.1. The van der Waals surface area contributed by atoms with Crippen molar-refractivity contribution in [1.29, 1.82) is 0 Å². The Hall–Kier alpha value is -2.67. The van der Waals surface area contributed by atoms with Crippen molar-refractivity contribution in [1.82, 2.24) is 14.5 Å². The van der Waals surface area contributed by atoms with E-state index in [2.05, 4.69) is 22.2 Å². The van der Waals surface area contributed by atoms with Crippen LogP contribution in [0.4, 0.5) is 16.2 Å². The number of nitrogens with zero attached hydrogens (tertiary/aromatic N) is 3. The molecule has 0 aliphatic rings. The van der Waals surface area contributed by atoms with Gasteiger partial charge in [0.2, 0.25) is 5.95 Å². The average molecular weight is 371 g/mol. The van der Waals surface area contributed by atoms with Crippen LogP contribution in [0.15, 0.2) is 36.5 Å². The molecule has 0 saturated carbocycles. The van der Waals surface area contributed by atoms with E-state index in [1.165, 1.54) is 6.20 Å². The smallest absolute Gasteiger partial charge is 0.222 e. The lowest BCUT2D eigenvalue weighted by molar-refractivity contribution is 0.276. The van der Waals surface area contributed by atoms with Crippen LogP contribution in [0.2, 0.25) is 0 Å². The van der Waals surface area contributed by atoms with Gasteiger partial charge in [-0.3, -0.25) is 0 Å². The zero-order chi connectivity index (χ0) is 19.2. The Morgan fingerprint density at radius 3 is 2.70 bits per heavy atom. The van der Waals surface area contributed by atoms with Crippen LogP contribution in [0.3, 0.4) is 0 Å². The predicted octanol–water partition coefficient (Wildman–Crippen LogP) is 3.55. The predicted molar refractivity (Wildman–Crippen MR) is 106 cm³/mol. The number of aromatic nitrogens is 3. The Kier molecular flexibility index (Phi) is 6.24. The lowest BCUT2D eigenvalue weighted by Crippen LogP contribution is -2.22. The highest BCUT2D eigenvalue weighted by Crippen LogP contribution is 2.27. The molecule has 0 spiro atoms. The zero-order valence-electron chi connectivity index (χ0n) is 15.5. The number of hydrogen-bond acceptors (Lipinski definition) is 5. The maximum absolute atomic E-state index is 14.5. The normalized spacial score (nSPS) is 12.4. The summed E-state index contributed by atoms with van der Waals surface area (Å²) in [5, 5.41) is 12.7. The summed E-state index contributed by atoms with van der Waals surface area (Å²) in [7, 11) is 0. The fourth-order valence-corrected chi connectivity index (χ4v) is 3.27. The van der Waals surface area contributed by atoms with Crippen molar-refractivity contribution in [2.24, 2.45) is 0 Å². The number of aliphatic hydroxyl groups is 1. The fraction of sp³-hybridized carbons (Fsp3) is 0.400. The van der Waals surface area contributed by atoms with Crippen molar-refractivity contribution in [3.63, 3.8) is 0 Å². The first-order valence-electron chi connectivity index (χ1n) is 9.35. The number of hydrogen-bond donors (Lipinski definition) is 3. The van der Waals surface area contributed by atoms with Gasteiger partial charge in [-0.2, -0.15) is 4.98 Å². The van der Waals surface area contributed by atoms with Crippen LogP contribution in [0, 0.1) is 5.82 Å². The largest absolute Gasteiger partial charge is 0.396 e. The Morgan fingerprint density at radius 1 is 1.22 bits per heavy atom. The molecule has 0 radical (unpaired) electrons. The molecule has 3 rings (SSSR count). The van der Waals surface area contributed by atoms with Crippen LogP contribution in [-0.2, 0) is 6.54 Å². The summed E-state index contributed by atoms with van der Waals surface area (Å²) in [6.07, 6.45) is 5.01. The van der Waals surface area contributed by atoms with Crippen LogP contribution >= 0.6 is 0 Å². The highest BCUT2D eigenvalue weighted by atomic mass is 19.1. The summed E-state index contributed by atoms with van der Waals surface area (Å²) in [5.41, 5.74) is 7.66. The molecule has 27 heavy (non-hydrogen) atoms. The van der Waals surface area contributed by atoms with Crippen LogP contribution in [0.1, 0.15) is 38.2 Å². The SMILES string of the molecule is CCCCC(CCO)Nc1nc(N)nc2c(F)cn(Cc3ccccc3)c12. The molecule has 0 saturated heterocycles. The van der Waals surface area contributed by atoms with Crippen molar-refractivity contribution in [2.75, 3.05) is 17.7 Å². The number of anilines is 2. The van der Waals surface area contributed by atoms with Gasteiger partial charge in [0, 0.05) is 25.4 Å². The second kappa shape index (κ2) is 8.81. The monoisotopic (exact) mass is 371 g/mol. The van der Waals surface area contributed by atoms with E-state index in [1.54, 1.807) is 4.57 Å². The highest BCUT2D eigenvalue weighted by Gasteiger charge is 2.19. The molecule has 2 aromatic heterocycles. The van der Waals surface area contributed by atoms with E-state index in [0.717, 1.165) is 24.8 Å². The quantitative estimate of drug-likeness (QED) is 0.535. The highest BCUT2D eigenvalue weighted by molar-refractivity contribution is 5.88. The van der Waals surface area contributed by atoms with Crippen LogP contribution in [0.25, 0.3) is 11.0 Å². The number of benzene rings is 1. The third kappa shape index (κ3) is 4.54. The number of fused-ring (bicyclic) bond motifs is 1. The molecule has 0 fully saturated rings. The van der Waals surface area contributed by atoms with Crippen molar-refractivity contribution in [2.45, 2.75) is 45.2 Å². The topological polar surface area (TPSA) is 89.0 Å². The maximum atomic E-state index is 14.5. The molecule has 6 nitrogen and oxygen atoms in total. The third-order valence-corrected chi connectivity index (χ3v) is 4.60. The summed E-state index contributed by atoms with van der Waals surface area (Å²) in [5.74, 6) is 0.108. The minimum atomic E-state index is -0.426. The molecule has 144 valence electrons. The van der Waals surface area contributed by atoms with Gasteiger partial charge in [0.05, 0.1) is 0 Å². The maximum Gasteiger partial charge on any atom is 0.222 e. The molecular formula is C20H26FN5O. The molecule has 0 amide bonds. The van der Waals surface area contributed by atoms with E-state index in [4.69, 9.17) is 5.73 Å². The Bertz CT molecular complexity index is 881. The zero-order valence-corrected chi connectivity index (χ0v) is 15.5. The van der Waals surface area contributed by atoms with Gasteiger partial charge < -0.3 is 20.7 Å². The summed E-state index contributed by atoms with van der Waals surface area (Å²) >= 11 is 0. The number of aliphatic hydroxyl groups excluding tert-OH is 1. The van der Waals surface area contributed by atoms with Crippen molar-refractivity contribution < 1.29 is 9.50 Å². The van der Waals surface area contributed by atoms with Crippen LogP contribution < -0.4 is 11.1 Å². The second-order valence-electron chi connectivity index (χ2n) is 6.71. The number of nitrogens with two attached hydrogens (primary N) is 1. The molecule has 3 aromatic rings. The number of nitrogens with one attached hydrogen (secondary N) is 1. The Morgan fingerprint density at radius 2 is 2.00 bits per heavy atom. The molecule has 0 aliphatic carbocycles. The van der Waals surface area contributed by atoms with Gasteiger partial charge in [-0.05, 0) is 18.4 Å². The first-order valence-corrected chi connectivity index (χ1v) is 9.35. The molecule has 7 heteroatoms. The first kappa shape index (κ1) is 19.1. The van der Waals surface area contributed by atoms with E-state index in [1.807, 2.05) is 30.3 Å². The number of nitrogen functional groups attached to an aromatic ring is 1. The van der Waals surface area contributed by atoms with E-state index in [0.29, 0.717) is 24.3 Å². The van der Waals surface area contributed by atoms with Gasteiger partial charge in [-0.1, -0.05) is 50.1 Å². The summed E-state index contributed by atoms with van der Waals surface area (Å²) in [4.78, 5) is 8.43. The Labute approximate surface area is 158 Å². The molecule has 0 bridgehead atoms. The van der Waals surface area contributed by atoms with Gasteiger partial charge in [0.1, 0.15) is 11.0 Å². The molecule has 0 aliphatic heterocycles. The van der Waals surface area contributed by atoms with Gasteiger partial charge in [-0.15, -0.1) is 0 Å². The minimum Gasteiger partial charge on any atom is -0.396 e. The molecule has 1 unspecified atom stereocenters. The summed E-state index contributed by atoms with van der Waals surface area (Å²) in [6, 6.07) is 9.87. The fourth-order valence-electron chi connectivity index (χ4n) is 3.27. The third-order valence-electron chi connectivity index (χ3n) is 4.60. The molecule has 4 N–H and O–H groups in total. The number of halogens is 1. The van der Waals surface area contributed by atoms with E-state index < -0.39 is 5.82 Å². The number of rotatable bonds is 9. The van der Waals surface area contributed by atoms with Crippen LogP contribution in [0.5, 0.6) is 0 Å². The first-order chi connectivity index (χ1) is 13.1. The average Bonchev–Trinajstić information content (AvgIpc) is 2.96. The number of unbranched alkanes of at least 4 members (excludes halogenated alkanes) is 1. The lowest BCUT2D eigenvalue weighted by Gasteiger charge is -2.19. The summed E-state index contributed by atoms with van der Waals surface area (Å²) < 4.78 is 16.3. The van der Waals surface area contributed by atoms with E-state index in [9.17, 15) is 9.50 Å². The standard InChI is InChI=1S/C20H26FN5O/c1-2-3-9-15(10-11-27)23-19-18-17(24-20(22)25-19)16(21)13-26(18)12-14-7-5-4-6-8-14/h4-8,13,15,27H,2-3,9-12H2,1H3,(H3,22,23,24,25). The van der Waals surface area contributed by atoms with Crippen LogP contribution in [-0.4, -0.2) is 32.3 Å².